The summed E-state index contributed by atoms with van der Waals surface area (Å²) in [6.07, 6.45) is 10.6. The van der Waals surface area contributed by atoms with Crippen molar-refractivity contribution < 1.29 is 5.11 Å². The van der Waals surface area contributed by atoms with Gasteiger partial charge in [0.05, 0.1) is 17.5 Å². The molecule has 4 nitrogen and oxygen atoms in total. The van der Waals surface area contributed by atoms with Crippen LogP contribution in [0.3, 0.4) is 0 Å². The number of imidazole rings is 1. The SMILES string of the molecule is Cc1ccn2c(CNCC3(O)CCCCCC3)cnc2c1. The van der Waals surface area contributed by atoms with Gasteiger partial charge in [-0.1, -0.05) is 25.7 Å². The molecule has 2 heterocycles. The molecule has 0 aliphatic heterocycles. The van der Waals surface area contributed by atoms with Gasteiger partial charge in [-0.15, -0.1) is 0 Å². The zero-order chi connectivity index (χ0) is 14.7. The van der Waals surface area contributed by atoms with Crippen molar-refractivity contribution >= 4 is 5.65 Å². The fraction of sp³-hybridized carbons (Fsp3) is 0.588. The van der Waals surface area contributed by atoms with Gasteiger partial charge in [0, 0.05) is 19.3 Å². The van der Waals surface area contributed by atoms with Crippen molar-refractivity contribution in [3.8, 4) is 0 Å². The van der Waals surface area contributed by atoms with E-state index < -0.39 is 5.60 Å². The highest BCUT2D eigenvalue weighted by atomic mass is 16.3. The summed E-state index contributed by atoms with van der Waals surface area (Å²) < 4.78 is 2.11. The Hall–Kier alpha value is -1.39. The monoisotopic (exact) mass is 287 g/mol. The first kappa shape index (κ1) is 14.5. The predicted octanol–water partition coefficient (Wildman–Crippen LogP) is 2.82. The molecule has 0 amide bonds. The van der Waals surface area contributed by atoms with Crippen LogP contribution in [0, 0.1) is 6.92 Å². The maximum absolute atomic E-state index is 10.6. The maximum atomic E-state index is 10.6. The van der Waals surface area contributed by atoms with Crippen LogP contribution in [0.4, 0.5) is 0 Å². The fourth-order valence-corrected chi connectivity index (χ4v) is 3.25. The second kappa shape index (κ2) is 6.16. The van der Waals surface area contributed by atoms with Crippen LogP contribution >= 0.6 is 0 Å². The lowest BCUT2D eigenvalue weighted by Crippen LogP contribution is -2.40. The number of hydrogen-bond acceptors (Lipinski definition) is 3. The molecule has 21 heavy (non-hydrogen) atoms. The molecular weight excluding hydrogens is 262 g/mol. The Bertz CT molecular complexity index is 597. The molecule has 1 saturated carbocycles. The minimum atomic E-state index is -0.520. The number of nitrogens with zero attached hydrogens (tertiary/aromatic N) is 2. The van der Waals surface area contributed by atoms with Gasteiger partial charge in [0.1, 0.15) is 5.65 Å². The van der Waals surface area contributed by atoms with Gasteiger partial charge >= 0.3 is 0 Å². The molecule has 0 aromatic carbocycles. The van der Waals surface area contributed by atoms with Gasteiger partial charge < -0.3 is 14.8 Å². The molecule has 0 bridgehead atoms. The quantitative estimate of drug-likeness (QED) is 0.850. The number of aliphatic hydroxyl groups is 1. The number of hydrogen-bond donors (Lipinski definition) is 2. The highest BCUT2D eigenvalue weighted by Gasteiger charge is 2.27. The summed E-state index contributed by atoms with van der Waals surface area (Å²) in [5.74, 6) is 0. The van der Waals surface area contributed by atoms with Gasteiger partial charge in [-0.05, 0) is 37.5 Å². The topological polar surface area (TPSA) is 49.6 Å². The zero-order valence-corrected chi connectivity index (χ0v) is 12.8. The summed E-state index contributed by atoms with van der Waals surface area (Å²) in [5, 5.41) is 14.1. The van der Waals surface area contributed by atoms with Gasteiger partial charge in [0.2, 0.25) is 0 Å². The average molecular weight is 287 g/mol. The van der Waals surface area contributed by atoms with E-state index in [1.807, 2.05) is 6.20 Å². The van der Waals surface area contributed by atoms with Crippen LogP contribution in [0.25, 0.3) is 5.65 Å². The van der Waals surface area contributed by atoms with E-state index in [0.29, 0.717) is 6.54 Å². The maximum Gasteiger partial charge on any atom is 0.137 e. The van der Waals surface area contributed by atoms with Gasteiger partial charge in [-0.2, -0.15) is 0 Å². The molecule has 2 aromatic heterocycles. The summed E-state index contributed by atoms with van der Waals surface area (Å²) >= 11 is 0. The van der Waals surface area contributed by atoms with Crippen LogP contribution < -0.4 is 5.32 Å². The Morgan fingerprint density at radius 1 is 1.29 bits per heavy atom. The first-order valence-electron chi connectivity index (χ1n) is 8.02. The number of pyridine rings is 1. The van der Waals surface area contributed by atoms with Gasteiger partial charge in [-0.3, -0.25) is 0 Å². The van der Waals surface area contributed by atoms with E-state index in [1.165, 1.54) is 18.4 Å². The standard InChI is InChI=1S/C17H25N3O/c1-14-6-9-20-15(12-19-16(20)10-14)11-18-13-17(21)7-4-2-3-5-8-17/h6,9-10,12,18,21H,2-5,7-8,11,13H2,1H3. The van der Waals surface area contributed by atoms with Crippen molar-refractivity contribution in [2.24, 2.45) is 0 Å². The molecule has 0 saturated heterocycles. The van der Waals surface area contributed by atoms with Gasteiger partial charge in [-0.25, -0.2) is 4.98 Å². The first-order valence-corrected chi connectivity index (χ1v) is 8.02. The molecule has 114 valence electrons. The Balaban J connectivity index is 1.61. The minimum absolute atomic E-state index is 0.520. The summed E-state index contributed by atoms with van der Waals surface area (Å²) in [6.45, 7) is 3.49. The van der Waals surface area contributed by atoms with E-state index in [-0.39, 0.29) is 0 Å². The van der Waals surface area contributed by atoms with Crippen LogP contribution in [-0.2, 0) is 6.54 Å². The molecule has 1 aliphatic carbocycles. The Morgan fingerprint density at radius 3 is 2.81 bits per heavy atom. The van der Waals surface area contributed by atoms with Crippen molar-refractivity contribution in [3.05, 3.63) is 35.8 Å². The Labute approximate surface area is 126 Å². The molecule has 1 aliphatic rings. The lowest BCUT2D eigenvalue weighted by molar-refractivity contribution is 0.0249. The van der Waals surface area contributed by atoms with Crippen molar-refractivity contribution in [3.63, 3.8) is 0 Å². The number of nitrogens with one attached hydrogen (secondary N) is 1. The number of rotatable bonds is 4. The fourth-order valence-electron chi connectivity index (χ4n) is 3.25. The second-order valence-electron chi connectivity index (χ2n) is 6.42. The van der Waals surface area contributed by atoms with E-state index in [0.717, 1.165) is 43.6 Å². The Kier molecular flexibility index (Phi) is 4.27. The van der Waals surface area contributed by atoms with Gasteiger partial charge in [0.15, 0.2) is 0 Å². The second-order valence-corrected chi connectivity index (χ2v) is 6.42. The number of aromatic nitrogens is 2. The third-order valence-electron chi connectivity index (χ3n) is 4.54. The van der Waals surface area contributed by atoms with Gasteiger partial charge in [0.25, 0.3) is 0 Å². The van der Waals surface area contributed by atoms with Crippen LogP contribution in [0.5, 0.6) is 0 Å². The molecule has 4 heteroatoms. The van der Waals surface area contributed by atoms with E-state index in [1.54, 1.807) is 0 Å². The molecule has 2 aromatic rings. The summed E-state index contributed by atoms with van der Waals surface area (Å²) in [7, 11) is 0. The molecular formula is C17H25N3O. The molecule has 2 N–H and O–H groups in total. The van der Waals surface area contributed by atoms with E-state index in [9.17, 15) is 5.11 Å². The van der Waals surface area contributed by atoms with Crippen LogP contribution in [0.15, 0.2) is 24.5 Å². The molecule has 0 radical (unpaired) electrons. The van der Waals surface area contributed by atoms with Crippen molar-refractivity contribution in [1.82, 2.24) is 14.7 Å². The zero-order valence-electron chi connectivity index (χ0n) is 12.8. The summed E-state index contributed by atoms with van der Waals surface area (Å²) in [4.78, 5) is 4.44. The number of fused-ring (bicyclic) bond motifs is 1. The molecule has 0 atom stereocenters. The lowest BCUT2D eigenvalue weighted by Gasteiger charge is -2.26. The van der Waals surface area contributed by atoms with Crippen molar-refractivity contribution in [2.45, 2.75) is 57.6 Å². The highest BCUT2D eigenvalue weighted by molar-refractivity contribution is 5.42. The van der Waals surface area contributed by atoms with Crippen LogP contribution in [0.2, 0.25) is 0 Å². The molecule has 1 fully saturated rings. The van der Waals surface area contributed by atoms with Crippen LogP contribution in [-0.4, -0.2) is 26.6 Å². The van der Waals surface area contributed by atoms with E-state index >= 15 is 0 Å². The summed E-state index contributed by atoms with van der Waals surface area (Å²) in [5.41, 5.74) is 2.83. The minimum Gasteiger partial charge on any atom is -0.389 e. The van der Waals surface area contributed by atoms with E-state index in [2.05, 4.69) is 40.0 Å². The average Bonchev–Trinajstić information content (AvgIpc) is 2.71. The predicted molar refractivity (Wildman–Crippen MR) is 84.3 cm³/mol. The first-order chi connectivity index (χ1) is 10.2. The summed E-state index contributed by atoms with van der Waals surface area (Å²) in [6, 6.07) is 4.18. The molecule has 0 unspecified atom stereocenters. The highest BCUT2D eigenvalue weighted by Crippen LogP contribution is 2.26. The Morgan fingerprint density at radius 2 is 2.05 bits per heavy atom. The molecule has 0 spiro atoms. The van der Waals surface area contributed by atoms with Crippen LogP contribution in [0.1, 0.15) is 49.8 Å². The normalized spacial score (nSPS) is 18.8. The van der Waals surface area contributed by atoms with Crippen molar-refractivity contribution in [2.75, 3.05) is 6.54 Å². The van der Waals surface area contributed by atoms with Crippen molar-refractivity contribution in [1.29, 1.82) is 0 Å². The smallest absolute Gasteiger partial charge is 0.137 e. The third-order valence-corrected chi connectivity index (χ3v) is 4.54. The lowest BCUT2D eigenvalue weighted by atomic mass is 9.94. The third kappa shape index (κ3) is 3.44. The number of aryl methyl sites for hydroxylation is 1. The largest absolute Gasteiger partial charge is 0.389 e. The van der Waals surface area contributed by atoms with E-state index in [4.69, 9.17) is 0 Å². The molecule has 3 rings (SSSR count).